The number of nitrogens with zero attached hydrogens (tertiary/aromatic N) is 1. The molecule has 0 aliphatic heterocycles. The lowest BCUT2D eigenvalue weighted by Crippen LogP contribution is -2.24. The monoisotopic (exact) mass is 451 g/mol. The van der Waals surface area contributed by atoms with Gasteiger partial charge in [-0.05, 0) is 48.4 Å². The first-order chi connectivity index (χ1) is 15.8. The number of ether oxygens (including phenoxy) is 1. The SMILES string of the molecule is CCCC(F)(F)Oc1ccc2c(CC3C=C(C(=O)O)C=CC3)c(-c3ccccc3)n(C)c2c1. The second-order valence-electron chi connectivity index (χ2n) is 8.45. The number of carbonyl (C=O) groups is 1. The third-order valence-corrected chi connectivity index (χ3v) is 6.00. The summed E-state index contributed by atoms with van der Waals surface area (Å²) in [6.07, 6.45) is 3.48. The zero-order valence-corrected chi connectivity index (χ0v) is 18.7. The molecule has 0 amide bonds. The standard InChI is InChI=1S/C27H27F2NO3/c1-3-14-27(28,29)33-21-12-13-22-23(16-18-8-7-11-20(15-18)26(31)32)25(30(2)24(22)17-21)19-9-5-4-6-10-19/h4-7,9-13,15,17-18H,3,8,14,16H2,1-2H3,(H,31,32). The predicted octanol–water partition coefficient (Wildman–Crippen LogP) is 6.75. The van der Waals surface area contributed by atoms with E-state index in [0.29, 0.717) is 18.4 Å². The average molecular weight is 452 g/mol. The molecule has 6 heteroatoms. The van der Waals surface area contributed by atoms with Crippen molar-refractivity contribution in [2.24, 2.45) is 13.0 Å². The van der Waals surface area contributed by atoms with Crippen LogP contribution in [0.2, 0.25) is 0 Å². The second-order valence-corrected chi connectivity index (χ2v) is 8.45. The van der Waals surface area contributed by atoms with Gasteiger partial charge in [0, 0.05) is 18.5 Å². The molecule has 0 fully saturated rings. The molecule has 3 aromatic rings. The van der Waals surface area contributed by atoms with E-state index in [4.69, 9.17) is 4.74 Å². The Morgan fingerprint density at radius 3 is 2.67 bits per heavy atom. The van der Waals surface area contributed by atoms with Crippen LogP contribution in [0.1, 0.15) is 31.7 Å². The quantitative estimate of drug-likeness (QED) is 0.412. The molecule has 0 radical (unpaired) electrons. The fourth-order valence-corrected chi connectivity index (χ4v) is 4.54. The summed E-state index contributed by atoms with van der Waals surface area (Å²) in [5.41, 5.74) is 4.15. The number of halogens is 2. The fourth-order valence-electron chi connectivity index (χ4n) is 4.54. The molecule has 1 aliphatic rings. The van der Waals surface area contributed by atoms with Crippen molar-refractivity contribution in [2.75, 3.05) is 0 Å². The van der Waals surface area contributed by atoms with Crippen LogP contribution in [0.4, 0.5) is 8.78 Å². The third-order valence-electron chi connectivity index (χ3n) is 6.00. The number of alkyl halides is 2. The molecule has 4 rings (SSSR count). The molecule has 0 saturated carbocycles. The van der Waals surface area contributed by atoms with Crippen molar-refractivity contribution >= 4 is 16.9 Å². The van der Waals surface area contributed by atoms with E-state index in [-0.39, 0.29) is 18.1 Å². The highest BCUT2D eigenvalue weighted by Gasteiger charge is 2.30. The largest absolute Gasteiger partial charge is 0.478 e. The summed E-state index contributed by atoms with van der Waals surface area (Å²) in [4.78, 5) is 11.5. The molecule has 1 heterocycles. The highest BCUT2D eigenvalue weighted by molar-refractivity contribution is 5.93. The average Bonchev–Trinajstić information content (AvgIpc) is 3.05. The Bertz CT molecular complexity index is 1230. The minimum Gasteiger partial charge on any atom is -0.478 e. The summed E-state index contributed by atoms with van der Waals surface area (Å²) < 4.78 is 35.2. The molecular formula is C27H27F2NO3. The molecule has 2 aromatic carbocycles. The molecule has 0 spiro atoms. The van der Waals surface area contributed by atoms with Gasteiger partial charge < -0.3 is 14.4 Å². The highest BCUT2D eigenvalue weighted by atomic mass is 19.3. The van der Waals surface area contributed by atoms with E-state index in [1.807, 2.05) is 54.1 Å². The number of benzene rings is 2. The Morgan fingerprint density at radius 2 is 1.97 bits per heavy atom. The summed E-state index contributed by atoms with van der Waals surface area (Å²) in [5, 5.41) is 10.3. The van der Waals surface area contributed by atoms with Crippen molar-refractivity contribution < 1.29 is 23.4 Å². The molecule has 1 aromatic heterocycles. The van der Waals surface area contributed by atoms with Crippen LogP contribution >= 0.6 is 0 Å². The maximum atomic E-state index is 14.1. The fraction of sp³-hybridized carbons (Fsp3) is 0.296. The summed E-state index contributed by atoms with van der Waals surface area (Å²) in [6.45, 7) is 1.70. The predicted molar refractivity (Wildman–Crippen MR) is 126 cm³/mol. The van der Waals surface area contributed by atoms with Gasteiger partial charge in [0.25, 0.3) is 0 Å². The minimum atomic E-state index is -3.22. The lowest BCUT2D eigenvalue weighted by molar-refractivity contribution is -0.180. The summed E-state index contributed by atoms with van der Waals surface area (Å²) in [6, 6.07) is 15.0. The van der Waals surface area contributed by atoms with Crippen LogP contribution in [-0.4, -0.2) is 21.8 Å². The Hall–Kier alpha value is -3.41. The van der Waals surface area contributed by atoms with Gasteiger partial charge in [0.05, 0.1) is 23.2 Å². The molecule has 1 aliphatic carbocycles. The number of rotatable bonds is 8. The smallest absolute Gasteiger partial charge is 0.397 e. The molecule has 33 heavy (non-hydrogen) atoms. The number of aliphatic carboxylic acids is 1. The van der Waals surface area contributed by atoms with Crippen molar-refractivity contribution in [2.45, 2.75) is 38.7 Å². The van der Waals surface area contributed by atoms with Crippen molar-refractivity contribution in [3.05, 3.63) is 77.9 Å². The summed E-state index contributed by atoms with van der Waals surface area (Å²) in [7, 11) is 1.92. The van der Waals surface area contributed by atoms with Crippen LogP contribution in [0, 0.1) is 5.92 Å². The Morgan fingerprint density at radius 1 is 1.21 bits per heavy atom. The van der Waals surface area contributed by atoms with E-state index in [9.17, 15) is 18.7 Å². The van der Waals surface area contributed by atoms with Crippen molar-refractivity contribution in [1.29, 1.82) is 0 Å². The van der Waals surface area contributed by atoms with E-state index in [0.717, 1.165) is 34.1 Å². The molecule has 172 valence electrons. The first kappa shape index (κ1) is 22.8. The minimum absolute atomic E-state index is 0.0268. The van der Waals surface area contributed by atoms with Crippen LogP contribution in [0.5, 0.6) is 5.75 Å². The van der Waals surface area contributed by atoms with Gasteiger partial charge in [-0.3, -0.25) is 0 Å². The topological polar surface area (TPSA) is 51.5 Å². The first-order valence-electron chi connectivity index (χ1n) is 11.1. The number of aromatic nitrogens is 1. The molecule has 1 unspecified atom stereocenters. The Balaban J connectivity index is 1.80. The van der Waals surface area contributed by atoms with E-state index in [1.165, 1.54) is 0 Å². The summed E-state index contributed by atoms with van der Waals surface area (Å²) >= 11 is 0. The van der Waals surface area contributed by atoms with E-state index >= 15 is 0 Å². The molecule has 0 saturated heterocycles. The van der Waals surface area contributed by atoms with Gasteiger partial charge in [0.15, 0.2) is 0 Å². The van der Waals surface area contributed by atoms with Gasteiger partial charge >= 0.3 is 12.1 Å². The normalized spacial score (nSPS) is 16.1. The van der Waals surface area contributed by atoms with Crippen LogP contribution in [-0.2, 0) is 18.3 Å². The van der Waals surface area contributed by atoms with Crippen LogP contribution in [0.25, 0.3) is 22.2 Å². The van der Waals surface area contributed by atoms with Crippen LogP contribution in [0.15, 0.2) is 72.3 Å². The Kier molecular flexibility index (Phi) is 6.36. The molecule has 0 bridgehead atoms. The van der Waals surface area contributed by atoms with E-state index in [2.05, 4.69) is 0 Å². The van der Waals surface area contributed by atoms with Crippen molar-refractivity contribution in [1.82, 2.24) is 4.57 Å². The first-order valence-corrected chi connectivity index (χ1v) is 11.1. The number of carboxylic acids is 1. The van der Waals surface area contributed by atoms with Gasteiger partial charge in [-0.15, -0.1) is 0 Å². The van der Waals surface area contributed by atoms with E-state index < -0.39 is 12.1 Å². The molecule has 1 atom stereocenters. The molecule has 1 N–H and O–H groups in total. The zero-order valence-electron chi connectivity index (χ0n) is 18.7. The van der Waals surface area contributed by atoms with Gasteiger partial charge in [-0.1, -0.05) is 55.5 Å². The van der Waals surface area contributed by atoms with E-state index in [1.54, 1.807) is 31.2 Å². The van der Waals surface area contributed by atoms with Crippen molar-refractivity contribution in [3.63, 3.8) is 0 Å². The number of hydrogen-bond acceptors (Lipinski definition) is 2. The lowest BCUT2D eigenvalue weighted by Gasteiger charge is -2.17. The molecule has 4 nitrogen and oxygen atoms in total. The second kappa shape index (κ2) is 9.22. The number of allylic oxidation sites excluding steroid dienone is 2. The van der Waals surface area contributed by atoms with Gasteiger partial charge in [0.2, 0.25) is 0 Å². The third kappa shape index (κ3) is 4.85. The molecular weight excluding hydrogens is 424 g/mol. The summed E-state index contributed by atoms with van der Waals surface area (Å²) in [5.74, 6) is -0.785. The maximum Gasteiger partial charge on any atom is 0.397 e. The number of aryl methyl sites for hydroxylation is 1. The number of hydrogen-bond donors (Lipinski definition) is 1. The van der Waals surface area contributed by atoms with Crippen LogP contribution in [0.3, 0.4) is 0 Å². The Labute approximate surface area is 191 Å². The zero-order chi connectivity index (χ0) is 23.6. The van der Waals surface area contributed by atoms with Gasteiger partial charge in [0.1, 0.15) is 5.75 Å². The number of fused-ring (bicyclic) bond motifs is 1. The number of carboxylic acid groups (broad SMARTS) is 1. The van der Waals surface area contributed by atoms with Gasteiger partial charge in [-0.2, -0.15) is 8.78 Å². The maximum absolute atomic E-state index is 14.1. The highest BCUT2D eigenvalue weighted by Crippen LogP contribution is 2.38. The van der Waals surface area contributed by atoms with Crippen LogP contribution < -0.4 is 4.74 Å². The van der Waals surface area contributed by atoms with Crippen molar-refractivity contribution in [3.8, 4) is 17.0 Å². The lowest BCUT2D eigenvalue weighted by atomic mass is 9.88. The van der Waals surface area contributed by atoms with Gasteiger partial charge in [-0.25, -0.2) is 4.79 Å².